The van der Waals surface area contributed by atoms with Gasteiger partial charge < -0.3 is 0 Å². The molecule has 0 N–H and O–H groups in total. The maximum Gasteiger partial charge on any atom is 0.191 e. The Morgan fingerprint density at radius 1 is 0.944 bits per heavy atom. The first kappa shape index (κ1) is 11.2. The average Bonchev–Trinajstić information content (AvgIpc) is 2.81. The molecule has 0 spiro atoms. The number of hydrogen-bond acceptors (Lipinski definition) is 1. The number of rotatable bonds is 2. The van der Waals surface area contributed by atoms with Crippen LogP contribution in [-0.4, -0.2) is 0 Å². The third kappa shape index (κ3) is 2.19. The fourth-order valence-corrected chi connectivity index (χ4v) is 2.84. The zero-order valence-corrected chi connectivity index (χ0v) is 10.8. The first-order valence-electron chi connectivity index (χ1n) is 6.02. The number of benzene rings is 1. The topological polar surface area (TPSA) is 0 Å². The van der Waals surface area contributed by atoms with Crippen LogP contribution in [0.4, 0.5) is 0 Å². The smallest absolute Gasteiger partial charge is 0.143 e. The molecule has 0 saturated heterocycles. The monoisotopic (exact) mass is 249 g/mol. The van der Waals surface area contributed by atoms with Crippen molar-refractivity contribution in [2.75, 3.05) is 0 Å². The Balaban J connectivity index is 2.10. The Kier molecular flexibility index (Phi) is 3.18. The van der Waals surface area contributed by atoms with Gasteiger partial charge in [0.25, 0.3) is 0 Å². The lowest BCUT2D eigenvalue weighted by Gasteiger charge is -2.00. The summed E-state index contributed by atoms with van der Waals surface area (Å²) in [7, 11) is 0. The van der Waals surface area contributed by atoms with Crippen LogP contribution in [0.1, 0.15) is 12.0 Å². The normalized spacial score (nSPS) is 13.9. The summed E-state index contributed by atoms with van der Waals surface area (Å²) in [6.07, 6.45) is 12.7. The van der Waals surface area contributed by atoms with E-state index in [4.69, 9.17) is 0 Å². The van der Waals surface area contributed by atoms with E-state index < -0.39 is 0 Å². The van der Waals surface area contributed by atoms with E-state index in [1.807, 2.05) is 0 Å². The van der Waals surface area contributed by atoms with Crippen LogP contribution in [0.3, 0.4) is 0 Å². The fraction of sp³-hybridized carbons (Fsp3) is 0.0588. The van der Waals surface area contributed by atoms with Gasteiger partial charge in [-0.2, -0.15) is 0 Å². The van der Waals surface area contributed by atoms with E-state index in [-0.39, 0.29) is 0 Å². The van der Waals surface area contributed by atoms with E-state index in [9.17, 15) is 0 Å². The molecule has 0 nitrogen and oxygen atoms in total. The molecule has 1 aliphatic carbocycles. The molecule has 0 amide bonds. The molecule has 0 atom stereocenters. The third-order valence-corrected chi connectivity index (χ3v) is 3.83. The number of hydrogen-bond donors (Lipinski definition) is 0. The van der Waals surface area contributed by atoms with Crippen LogP contribution in [0, 0.1) is 6.08 Å². The lowest BCUT2D eigenvalue weighted by Crippen LogP contribution is -1.86. The van der Waals surface area contributed by atoms with Gasteiger partial charge in [0.1, 0.15) is 5.56 Å². The van der Waals surface area contributed by atoms with Crippen molar-refractivity contribution in [3.05, 3.63) is 77.7 Å². The molecule has 0 aliphatic heterocycles. The van der Waals surface area contributed by atoms with Gasteiger partial charge in [0.2, 0.25) is 0 Å². The summed E-state index contributed by atoms with van der Waals surface area (Å²) in [6.45, 7) is 0. The molecule has 2 aromatic rings. The van der Waals surface area contributed by atoms with E-state index in [2.05, 4.69) is 72.2 Å². The standard InChI is InChI=1S/C17H13S/c1-2-4-9-14(8-3-1)15-10-5-6-11-16(15)17-12-7-13-18-17/h1-3,5-8,10-13H,4H2/q+1. The van der Waals surface area contributed by atoms with Gasteiger partial charge in [0.05, 0.1) is 18.1 Å². The molecule has 1 heteroatoms. The molecule has 0 fully saturated rings. The Morgan fingerprint density at radius 3 is 2.67 bits per heavy atom. The molecule has 0 saturated carbocycles. The summed E-state index contributed by atoms with van der Waals surface area (Å²) < 4.78 is 0. The Labute approximate surface area is 112 Å². The largest absolute Gasteiger partial charge is 0.191 e. The van der Waals surface area contributed by atoms with E-state index >= 15 is 0 Å². The molecule has 1 aliphatic rings. The highest BCUT2D eigenvalue weighted by Gasteiger charge is 2.16. The fourth-order valence-electron chi connectivity index (χ4n) is 2.08. The van der Waals surface area contributed by atoms with E-state index in [0.717, 1.165) is 6.42 Å². The summed E-state index contributed by atoms with van der Waals surface area (Å²) in [4.78, 5) is 1.31. The van der Waals surface area contributed by atoms with Crippen molar-refractivity contribution in [1.82, 2.24) is 0 Å². The molecule has 1 aromatic carbocycles. The van der Waals surface area contributed by atoms with Gasteiger partial charge in [-0.3, -0.25) is 0 Å². The van der Waals surface area contributed by atoms with Crippen LogP contribution >= 0.6 is 11.3 Å². The number of allylic oxidation sites excluding steroid dienone is 6. The maximum absolute atomic E-state index is 3.45. The molecule has 0 radical (unpaired) electrons. The third-order valence-electron chi connectivity index (χ3n) is 2.92. The van der Waals surface area contributed by atoms with Crippen molar-refractivity contribution in [2.45, 2.75) is 6.42 Å². The van der Waals surface area contributed by atoms with Gasteiger partial charge in [-0.05, 0) is 29.7 Å². The van der Waals surface area contributed by atoms with Crippen LogP contribution < -0.4 is 0 Å². The number of thiophene rings is 1. The van der Waals surface area contributed by atoms with Crippen LogP contribution in [0.25, 0.3) is 16.0 Å². The van der Waals surface area contributed by atoms with Crippen molar-refractivity contribution in [3.63, 3.8) is 0 Å². The summed E-state index contributed by atoms with van der Waals surface area (Å²) in [5.74, 6) is 0. The second-order valence-electron chi connectivity index (χ2n) is 4.10. The van der Waals surface area contributed by atoms with E-state index in [0.29, 0.717) is 0 Å². The van der Waals surface area contributed by atoms with Gasteiger partial charge in [-0.25, -0.2) is 0 Å². The highest BCUT2D eigenvalue weighted by molar-refractivity contribution is 7.13. The first-order valence-corrected chi connectivity index (χ1v) is 6.90. The van der Waals surface area contributed by atoms with Gasteiger partial charge >= 0.3 is 0 Å². The van der Waals surface area contributed by atoms with Crippen LogP contribution in [0.2, 0.25) is 0 Å². The second-order valence-corrected chi connectivity index (χ2v) is 5.05. The van der Waals surface area contributed by atoms with Gasteiger partial charge in [0, 0.05) is 17.0 Å². The lowest BCUT2D eigenvalue weighted by atomic mass is 9.98. The van der Waals surface area contributed by atoms with Crippen molar-refractivity contribution in [1.29, 1.82) is 0 Å². The zero-order valence-electron chi connectivity index (χ0n) is 9.97. The molecule has 3 rings (SSSR count). The van der Waals surface area contributed by atoms with Crippen LogP contribution in [0.15, 0.2) is 66.1 Å². The quantitative estimate of drug-likeness (QED) is 0.648. The molecule has 0 unspecified atom stereocenters. The average molecular weight is 249 g/mol. The SMILES string of the molecule is [C+]1=C(c2ccccc2-c2cccs2)C=CC=CC1. The Hall–Kier alpha value is -1.95. The van der Waals surface area contributed by atoms with Gasteiger partial charge in [-0.15, -0.1) is 11.3 Å². The minimum Gasteiger partial charge on any atom is -0.143 e. The molecule has 1 aromatic heterocycles. The molecular formula is C17H13S+. The first-order chi connectivity index (χ1) is 8.95. The van der Waals surface area contributed by atoms with Gasteiger partial charge in [-0.1, -0.05) is 24.3 Å². The second kappa shape index (κ2) is 5.14. The van der Waals surface area contributed by atoms with Crippen molar-refractivity contribution in [2.24, 2.45) is 0 Å². The van der Waals surface area contributed by atoms with Crippen molar-refractivity contribution >= 4 is 16.9 Å². The minimum absolute atomic E-state index is 0.876. The molecule has 18 heavy (non-hydrogen) atoms. The predicted octanol–water partition coefficient (Wildman–Crippen LogP) is 5.12. The van der Waals surface area contributed by atoms with Crippen LogP contribution in [0.5, 0.6) is 0 Å². The highest BCUT2D eigenvalue weighted by atomic mass is 32.1. The van der Waals surface area contributed by atoms with E-state index in [1.54, 1.807) is 11.3 Å². The molecular weight excluding hydrogens is 236 g/mol. The minimum atomic E-state index is 0.876. The lowest BCUT2D eigenvalue weighted by molar-refractivity contribution is 1.35. The van der Waals surface area contributed by atoms with Crippen molar-refractivity contribution in [3.8, 4) is 10.4 Å². The van der Waals surface area contributed by atoms with Crippen molar-refractivity contribution < 1.29 is 0 Å². The molecule has 0 bridgehead atoms. The van der Waals surface area contributed by atoms with Gasteiger partial charge in [0.15, 0.2) is 5.57 Å². The predicted molar refractivity (Wildman–Crippen MR) is 79.3 cm³/mol. The summed E-state index contributed by atoms with van der Waals surface area (Å²) >= 11 is 1.78. The summed E-state index contributed by atoms with van der Waals surface area (Å²) in [5, 5.41) is 2.12. The van der Waals surface area contributed by atoms with Crippen LogP contribution in [-0.2, 0) is 0 Å². The maximum atomic E-state index is 3.45. The molecule has 86 valence electrons. The summed E-state index contributed by atoms with van der Waals surface area (Å²) in [6, 6.07) is 12.8. The Morgan fingerprint density at radius 2 is 1.83 bits per heavy atom. The summed E-state index contributed by atoms with van der Waals surface area (Å²) in [5.41, 5.74) is 3.74. The molecule has 1 heterocycles. The zero-order chi connectivity index (χ0) is 12.2. The van der Waals surface area contributed by atoms with E-state index in [1.165, 1.54) is 21.6 Å². The Bertz CT molecular complexity index is 613. The highest BCUT2D eigenvalue weighted by Crippen LogP contribution is 2.32.